The van der Waals surface area contributed by atoms with E-state index in [0.717, 1.165) is 5.56 Å². The summed E-state index contributed by atoms with van der Waals surface area (Å²) in [5.41, 5.74) is 7.97. The molecule has 0 unspecified atom stereocenters. The van der Waals surface area contributed by atoms with Gasteiger partial charge in [0.1, 0.15) is 0 Å². The number of rotatable bonds is 3. The van der Waals surface area contributed by atoms with E-state index in [1.165, 1.54) is 6.07 Å². The first-order chi connectivity index (χ1) is 9.70. The largest absolute Gasteiger partial charge is 0.398 e. The molecule has 0 saturated carbocycles. The van der Waals surface area contributed by atoms with Crippen molar-refractivity contribution in [2.45, 2.75) is 18.7 Å². The molecule has 0 heterocycles. The summed E-state index contributed by atoms with van der Waals surface area (Å²) in [7, 11) is -3.75. The van der Waals surface area contributed by atoms with Crippen molar-refractivity contribution in [1.29, 1.82) is 0 Å². The molecule has 3 N–H and O–H groups in total. The van der Waals surface area contributed by atoms with Crippen LogP contribution in [-0.2, 0) is 10.0 Å². The molecule has 4 nitrogen and oxygen atoms in total. The van der Waals surface area contributed by atoms with Crippen molar-refractivity contribution in [2.75, 3.05) is 10.5 Å². The molecule has 0 spiro atoms. The van der Waals surface area contributed by atoms with Crippen LogP contribution in [-0.4, -0.2) is 8.42 Å². The molecule has 0 atom stereocenters. The van der Waals surface area contributed by atoms with E-state index in [1.807, 2.05) is 0 Å². The fraction of sp³-hybridized carbons (Fsp3) is 0.143. The smallest absolute Gasteiger partial charge is 0.262 e. The second-order valence-corrected chi connectivity index (χ2v) is 7.65. The maximum atomic E-state index is 12.6. The Morgan fingerprint density at radius 3 is 2.52 bits per heavy atom. The Labute approximate surface area is 137 Å². The summed E-state index contributed by atoms with van der Waals surface area (Å²) in [6.07, 6.45) is 0. The van der Waals surface area contributed by atoms with E-state index in [-0.39, 0.29) is 4.90 Å². The van der Waals surface area contributed by atoms with Crippen LogP contribution in [0, 0.1) is 13.8 Å². The van der Waals surface area contributed by atoms with E-state index in [4.69, 9.17) is 17.3 Å². The number of aryl methyl sites for hydroxylation is 1. The van der Waals surface area contributed by atoms with Gasteiger partial charge in [0.15, 0.2) is 0 Å². The lowest BCUT2D eigenvalue weighted by Gasteiger charge is -2.14. The summed E-state index contributed by atoms with van der Waals surface area (Å²) in [6.45, 7) is 3.47. The molecule has 2 aromatic rings. The third-order valence-corrected chi connectivity index (χ3v) is 5.43. The van der Waals surface area contributed by atoms with Crippen LogP contribution in [0.1, 0.15) is 11.1 Å². The lowest BCUT2D eigenvalue weighted by Crippen LogP contribution is -2.15. The highest BCUT2D eigenvalue weighted by Crippen LogP contribution is 2.30. The predicted octanol–water partition coefficient (Wildman–Crippen LogP) is 4.10. The number of nitrogen functional groups attached to an aromatic ring is 1. The molecule has 0 radical (unpaired) electrons. The van der Waals surface area contributed by atoms with Crippen LogP contribution in [0.4, 0.5) is 11.4 Å². The summed E-state index contributed by atoms with van der Waals surface area (Å²) in [5, 5.41) is 0.441. The van der Waals surface area contributed by atoms with Gasteiger partial charge in [0.2, 0.25) is 0 Å². The minimum atomic E-state index is -3.75. The molecule has 21 heavy (non-hydrogen) atoms. The maximum absolute atomic E-state index is 12.6. The number of anilines is 2. The zero-order valence-electron chi connectivity index (χ0n) is 11.4. The first kappa shape index (κ1) is 16.1. The lowest BCUT2D eigenvalue weighted by atomic mass is 10.1. The maximum Gasteiger partial charge on any atom is 0.262 e. The Morgan fingerprint density at radius 2 is 1.86 bits per heavy atom. The molecule has 2 aromatic carbocycles. The van der Waals surface area contributed by atoms with Crippen LogP contribution in [0.2, 0.25) is 5.02 Å². The summed E-state index contributed by atoms with van der Waals surface area (Å²) in [4.78, 5) is 0.159. The third-order valence-electron chi connectivity index (χ3n) is 3.01. The molecule has 112 valence electrons. The van der Waals surface area contributed by atoms with Crippen molar-refractivity contribution in [3.8, 4) is 0 Å². The minimum Gasteiger partial charge on any atom is -0.398 e. The quantitative estimate of drug-likeness (QED) is 0.776. The molecular weight excluding hydrogens is 376 g/mol. The van der Waals surface area contributed by atoms with Crippen molar-refractivity contribution >= 4 is 48.9 Å². The van der Waals surface area contributed by atoms with Crippen LogP contribution < -0.4 is 10.5 Å². The Morgan fingerprint density at radius 1 is 1.19 bits per heavy atom. The molecule has 7 heteroatoms. The first-order valence-corrected chi connectivity index (χ1v) is 8.71. The van der Waals surface area contributed by atoms with Crippen LogP contribution in [0.15, 0.2) is 39.7 Å². The molecule has 0 aromatic heterocycles. The monoisotopic (exact) mass is 388 g/mol. The van der Waals surface area contributed by atoms with Crippen molar-refractivity contribution < 1.29 is 8.42 Å². The first-order valence-electron chi connectivity index (χ1n) is 6.05. The molecule has 0 fully saturated rings. The van der Waals surface area contributed by atoms with Gasteiger partial charge in [-0.25, -0.2) is 8.42 Å². The Hall–Kier alpha value is -1.24. The molecule has 0 aliphatic heterocycles. The van der Waals surface area contributed by atoms with E-state index >= 15 is 0 Å². The highest BCUT2D eigenvalue weighted by atomic mass is 79.9. The van der Waals surface area contributed by atoms with Gasteiger partial charge >= 0.3 is 0 Å². The summed E-state index contributed by atoms with van der Waals surface area (Å²) in [5.74, 6) is 0. The number of benzene rings is 2. The SMILES string of the molecule is Cc1cc(N)c(C)c(S(=O)(=O)Nc2cc(Cl)ccc2Br)c1. The Balaban J connectivity index is 2.51. The van der Waals surface area contributed by atoms with Gasteiger partial charge in [0, 0.05) is 15.2 Å². The van der Waals surface area contributed by atoms with Crippen molar-refractivity contribution in [3.05, 3.63) is 51.0 Å². The van der Waals surface area contributed by atoms with Gasteiger partial charge < -0.3 is 5.73 Å². The summed E-state index contributed by atoms with van der Waals surface area (Å²) < 4.78 is 28.2. The highest BCUT2D eigenvalue weighted by Gasteiger charge is 2.20. The third kappa shape index (κ3) is 3.51. The van der Waals surface area contributed by atoms with E-state index in [0.29, 0.717) is 26.4 Å². The normalized spacial score (nSPS) is 11.4. The van der Waals surface area contributed by atoms with Crippen LogP contribution in [0.5, 0.6) is 0 Å². The number of halogens is 2. The van der Waals surface area contributed by atoms with Gasteiger partial charge in [-0.2, -0.15) is 0 Å². The number of hydrogen-bond donors (Lipinski definition) is 2. The average molecular weight is 390 g/mol. The molecule has 0 bridgehead atoms. The number of nitrogens with one attached hydrogen (secondary N) is 1. The van der Waals surface area contributed by atoms with E-state index < -0.39 is 10.0 Å². The fourth-order valence-electron chi connectivity index (χ4n) is 1.91. The average Bonchev–Trinajstić information content (AvgIpc) is 2.37. The summed E-state index contributed by atoms with van der Waals surface area (Å²) >= 11 is 9.19. The van der Waals surface area contributed by atoms with E-state index in [2.05, 4.69) is 20.7 Å². The second-order valence-electron chi connectivity index (χ2n) is 4.71. The molecule has 0 amide bonds. The van der Waals surface area contributed by atoms with Crippen LogP contribution in [0.25, 0.3) is 0 Å². The minimum absolute atomic E-state index is 0.159. The van der Waals surface area contributed by atoms with Gasteiger partial charge in [-0.05, 0) is 71.2 Å². The van der Waals surface area contributed by atoms with E-state index in [1.54, 1.807) is 38.1 Å². The zero-order chi connectivity index (χ0) is 15.8. The standard InChI is InChI=1S/C14H14BrClN2O2S/c1-8-5-12(17)9(2)14(6-8)21(19,20)18-13-7-10(16)3-4-11(13)15/h3-7,18H,17H2,1-2H3. The Kier molecular flexibility index (Phi) is 4.51. The zero-order valence-corrected chi connectivity index (χ0v) is 14.6. The predicted molar refractivity (Wildman–Crippen MR) is 90.3 cm³/mol. The fourth-order valence-corrected chi connectivity index (χ4v) is 3.99. The molecule has 0 saturated heterocycles. The second kappa shape index (κ2) is 5.87. The Bertz CT molecular complexity index is 807. The molecule has 0 aliphatic carbocycles. The highest BCUT2D eigenvalue weighted by molar-refractivity contribution is 9.10. The van der Waals surface area contributed by atoms with E-state index in [9.17, 15) is 8.42 Å². The van der Waals surface area contributed by atoms with Gasteiger partial charge in [-0.1, -0.05) is 11.6 Å². The van der Waals surface area contributed by atoms with Crippen LogP contribution in [0.3, 0.4) is 0 Å². The lowest BCUT2D eigenvalue weighted by molar-refractivity contribution is 0.600. The number of nitrogens with two attached hydrogens (primary N) is 1. The van der Waals surface area contributed by atoms with Gasteiger partial charge in [0.25, 0.3) is 10.0 Å². The van der Waals surface area contributed by atoms with Gasteiger partial charge in [0.05, 0.1) is 10.6 Å². The van der Waals surface area contributed by atoms with Crippen LogP contribution >= 0.6 is 27.5 Å². The number of sulfonamides is 1. The summed E-state index contributed by atoms with van der Waals surface area (Å²) in [6, 6.07) is 8.21. The van der Waals surface area contributed by atoms with Gasteiger partial charge in [-0.15, -0.1) is 0 Å². The van der Waals surface area contributed by atoms with Crippen molar-refractivity contribution in [3.63, 3.8) is 0 Å². The number of hydrogen-bond acceptors (Lipinski definition) is 3. The van der Waals surface area contributed by atoms with Crippen molar-refractivity contribution in [2.24, 2.45) is 0 Å². The van der Waals surface area contributed by atoms with Gasteiger partial charge in [-0.3, -0.25) is 4.72 Å². The van der Waals surface area contributed by atoms with Crippen molar-refractivity contribution in [1.82, 2.24) is 0 Å². The molecular formula is C14H14BrClN2O2S. The molecule has 2 rings (SSSR count). The molecule has 0 aliphatic rings. The topological polar surface area (TPSA) is 72.2 Å².